The van der Waals surface area contributed by atoms with Crippen molar-refractivity contribution in [3.63, 3.8) is 0 Å². The minimum absolute atomic E-state index is 0.212. The molecule has 0 amide bonds. The van der Waals surface area contributed by atoms with Crippen LogP contribution in [-0.4, -0.2) is 17.6 Å². The molecule has 2 atom stereocenters. The Morgan fingerprint density at radius 2 is 1.90 bits per heavy atom. The lowest BCUT2D eigenvalue weighted by Gasteiger charge is -2.21. The number of hydrogen-bond acceptors (Lipinski definition) is 3. The fourth-order valence-electron chi connectivity index (χ4n) is 2.82. The molecule has 0 fully saturated rings. The minimum Gasteiger partial charge on any atom is -0.481 e. The molecule has 0 saturated heterocycles. The predicted molar refractivity (Wildman–Crippen MR) is 80.1 cm³/mol. The third-order valence-electron chi connectivity index (χ3n) is 3.77. The second-order valence-corrected chi connectivity index (χ2v) is 5.42. The maximum Gasteiger partial charge on any atom is 0.311 e. The van der Waals surface area contributed by atoms with E-state index >= 15 is 0 Å². The summed E-state index contributed by atoms with van der Waals surface area (Å²) in [6.45, 7) is 0.212. The molecule has 21 heavy (non-hydrogen) atoms. The molecular weight excluding hydrogens is 290 g/mol. The van der Waals surface area contributed by atoms with Gasteiger partial charge in [-0.25, -0.2) is 0 Å². The number of nitrogens with two attached hydrogens (primary N) is 1. The third kappa shape index (κ3) is 2.37. The number of fused-ring (bicyclic) bond motifs is 2. The van der Waals surface area contributed by atoms with Crippen molar-refractivity contribution in [2.75, 3.05) is 6.54 Å². The fraction of sp³-hybridized carbons (Fsp3) is 0.188. The van der Waals surface area contributed by atoms with Crippen LogP contribution in [0, 0.1) is 0 Å². The van der Waals surface area contributed by atoms with Gasteiger partial charge in [0.05, 0.1) is 5.92 Å². The lowest BCUT2D eigenvalue weighted by atomic mass is 9.81. The summed E-state index contributed by atoms with van der Waals surface area (Å²) in [6, 6.07) is 12.4. The highest BCUT2D eigenvalue weighted by Gasteiger charge is 2.36. The van der Waals surface area contributed by atoms with E-state index in [1.807, 2.05) is 24.3 Å². The Morgan fingerprint density at radius 1 is 1.19 bits per heavy atom. The number of para-hydroxylation sites is 1. The van der Waals surface area contributed by atoms with Gasteiger partial charge in [-0.3, -0.25) is 4.79 Å². The minimum atomic E-state index is -0.936. The summed E-state index contributed by atoms with van der Waals surface area (Å²) in [5, 5.41) is 10.2. The molecule has 0 aliphatic carbocycles. The first-order valence-corrected chi connectivity index (χ1v) is 6.98. The van der Waals surface area contributed by atoms with Crippen molar-refractivity contribution in [3.8, 4) is 11.5 Å². The van der Waals surface area contributed by atoms with E-state index in [1.165, 1.54) is 0 Å². The summed E-state index contributed by atoms with van der Waals surface area (Å²) in [6.07, 6.45) is 0. The van der Waals surface area contributed by atoms with Gasteiger partial charge in [-0.15, -0.1) is 0 Å². The number of ether oxygens (including phenoxy) is 1. The van der Waals surface area contributed by atoms with Gasteiger partial charge in [0.15, 0.2) is 0 Å². The van der Waals surface area contributed by atoms with Gasteiger partial charge >= 0.3 is 5.97 Å². The molecule has 0 unspecified atom stereocenters. The van der Waals surface area contributed by atoms with Crippen LogP contribution >= 0.6 is 11.6 Å². The Hall–Kier alpha value is -2.04. The number of benzene rings is 2. The van der Waals surface area contributed by atoms with E-state index in [0.29, 0.717) is 22.1 Å². The molecule has 0 saturated carbocycles. The van der Waals surface area contributed by atoms with Crippen LogP contribution in [0.15, 0.2) is 42.5 Å². The summed E-state index contributed by atoms with van der Waals surface area (Å²) in [5.41, 5.74) is 7.22. The van der Waals surface area contributed by atoms with Gasteiger partial charge < -0.3 is 15.6 Å². The van der Waals surface area contributed by atoms with E-state index in [-0.39, 0.29) is 12.5 Å². The Labute approximate surface area is 127 Å². The van der Waals surface area contributed by atoms with Gasteiger partial charge in [-0.05, 0) is 24.3 Å². The van der Waals surface area contributed by atoms with Crippen molar-refractivity contribution >= 4 is 17.6 Å². The highest BCUT2D eigenvalue weighted by molar-refractivity contribution is 6.30. The van der Waals surface area contributed by atoms with Crippen molar-refractivity contribution in [1.29, 1.82) is 0 Å². The molecule has 1 aliphatic heterocycles. The number of carbonyl (C=O) groups is 1. The van der Waals surface area contributed by atoms with Crippen LogP contribution in [0.5, 0.6) is 11.5 Å². The average molecular weight is 304 g/mol. The Morgan fingerprint density at radius 3 is 2.62 bits per heavy atom. The van der Waals surface area contributed by atoms with Crippen molar-refractivity contribution in [2.24, 2.45) is 5.73 Å². The lowest BCUT2D eigenvalue weighted by molar-refractivity contribution is -0.139. The van der Waals surface area contributed by atoms with Gasteiger partial charge in [0.1, 0.15) is 11.5 Å². The normalized spacial score (nSPS) is 19.9. The van der Waals surface area contributed by atoms with Crippen LogP contribution in [0.4, 0.5) is 0 Å². The molecule has 1 aliphatic rings. The average Bonchev–Trinajstić information content (AvgIpc) is 2.60. The van der Waals surface area contributed by atoms with Gasteiger partial charge in [-0.2, -0.15) is 0 Å². The van der Waals surface area contributed by atoms with Gasteiger partial charge in [-0.1, -0.05) is 29.8 Å². The number of aliphatic carboxylic acids is 1. The maximum atomic E-state index is 11.8. The zero-order chi connectivity index (χ0) is 15.0. The van der Waals surface area contributed by atoms with Crippen LogP contribution in [0.3, 0.4) is 0 Å². The van der Waals surface area contributed by atoms with Crippen LogP contribution in [0.2, 0.25) is 5.02 Å². The van der Waals surface area contributed by atoms with Gasteiger partial charge in [0.25, 0.3) is 0 Å². The van der Waals surface area contributed by atoms with Crippen molar-refractivity contribution in [2.45, 2.75) is 11.8 Å². The Kier molecular flexibility index (Phi) is 3.57. The number of hydrogen-bond donors (Lipinski definition) is 2. The van der Waals surface area contributed by atoms with Gasteiger partial charge in [0.2, 0.25) is 0 Å². The van der Waals surface area contributed by atoms with E-state index < -0.39 is 11.9 Å². The second-order valence-electron chi connectivity index (χ2n) is 4.98. The topological polar surface area (TPSA) is 72.5 Å². The first-order chi connectivity index (χ1) is 10.1. The van der Waals surface area contributed by atoms with Crippen molar-refractivity contribution in [3.05, 3.63) is 58.6 Å². The predicted octanol–water partition coefficient (Wildman–Crippen LogP) is 3.36. The molecule has 1 heterocycles. The number of rotatable bonds is 2. The fourth-order valence-corrected chi connectivity index (χ4v) is 3.00. The molecule has 2 aromatic carbocycles. The number of carboxylic acid groups (broad SMARTS) is 1. The van der Waals surface area contributed by atoms with Crippen LogP contribution in [0.1, 0.15) is 23.0 Å². The molecule has 4 nitrogen and oxygen atoms in total. The molecule has 108 valence electrons. The standard InChI is InChI=1S/C16H14ClNO3/c17-9-5-6-14-11(7-9)15(16(19)20)12(8-18)10-3-1-2-4-13(10)21-14/h1-7,12,15H,8,18H2,(H,19,20)/t12-,15-/m1/s1. The van der Waals surface area contributed by atoms with E-state index in [2.05, 4.69) is 0 Å². The number of carboxylic acids is 1. The maximum absolute atomic E-state index is 11.8. The van der Waals surface area contributed by atoms with E-state index in [1.54, 1.807) is 18.2 Å². The SMILES string of the molecule is NC[C@@H]1c2ccccc2Oc2ccc(Cl)cc2[C@H]1C(=O)O. The summed E-state index contributed by atoms with van der Waals surface area (Å²) >= 11 is 6.02. The van der Waals surface area contributed by atoms with Crippen LogP contribution < -0.4 is 10.5 Å². The summed E-state index contributed by atoms with van der Waals surface area (Å²) in [4.78, 5) is 11.8. The van der Waals surface area contributed by atoms with E-state index in [9.17, 15) is 9.90 Å². The Bertz CT molecular complexity index is 702. The smallest absolute Gasteiger partial charge is 0.311 e. The summed E-state index contributed by atoms with van der Waals surface area (Å²) in [5.74, 6) is -0.935. The zero-order valence-corrected chi connectivity index (χ0v) is 11.9. The molecule has 3 rings (SSSR count). The van der Waals surface area contributed by atoms with Crippen molar-refractivity contribution in [1.82, 2.24) is 0 Å². The lowest BCUT2D eigenvalue weighted by Crippen LogP contribution is -2.25. The van der Waals surface area contributed by atoms with Crippen molar-refractivity contribution < 1.29 is 14.6 Å². The second kappa shape index (κ2) is 5.39. The monoisotopic (exact) mass is 303 g/mol. The summed E-state index contributed by atoms with van der Waals surface area (Å²) in [7, 11) is 0. The molecule has 3 N–H and O–H groups in total. The zero-order valence-electron chi connectivity index (χ0n) is 11.1. The molecule has 0 radical (unpaired) electrons. The van der Waals surface area contributed by atoms with Crippen LogP contribution in [0.25, 0.3) is 0 Å². The molecule has 0 bridgehead atoms. The molecule has 2 aromatic rings. The first-order valence-electron chi connectivity index (χ1n) is 6.61. The van der Waals surface area contributed by atoms with Gasteiger partial charge in [0, 0.05) is 28.6 Å². The highest BCUT2D eigenvalue weighted by atomic mass is 35.5. The quantitative estimate of drug-likeness (QED) is 0.892. The Balaban J connectivity index is 2.27. The molecule has 0 aromatic heterocycles. The molecule has 0 spiro atoms. The summed E-state index contributed by atoms with van der Waals surface area (Å²) < 4.78 is 5.89. The first kappa shape index (κ1) is 13.9. The highest BCUT2D eigenvalue weighted by Crippen LogP contribution is 2.46. The van der Waals surface area contributed by atoms with E-state index in [0.717, 1.165) is 5.56 Å². The third-order valence-corrected chi connectivity index (χ3v) is 4.00. The largest absolute Gasteiger partial charge is 0.481 e. The van der Waals surface area contributed by atoms with Crippen LogP contribution in [-0.2, 0) is 4.79 Å². The number of halogens is 1. The molecule has 5 heteroatoms. The molecular formula is C16H14ClNO3. The van der Waals surface area contributed by atoms with E-state index in [4.69, 9.17) is 22.1 Å².